The first-order valence-electron chi connectivity index (χ1n) is 8.42. The summed E-state index contributed by atoms with van der Waals surface area (Å²) < 4.78 is 23.2. The molecule has 1 aliphatic carbocycles. The van der Waals surface area contributed by atoms with E-state index in [4.69, 9.17) is 9.47 Å². The number of benzene rings is 1. The number of ether oxygens (including phenoxy) is 2. The van der Waals surface area contributed by atoms with Gasteiger partial charge in [0.15, 0.2) is 0 Å². The minimum Gasteiger partial charge on any atom is -0.488 e. The Labute approximate surface area is 141 Å². The predicted octanol–water partition coefficient (Wildman–Crippen LogP) is 1.89. The summed E-state index contributed by atoms with van der Waals surface area (Å²) in [5.41, 5.74) is 0.424. The van der Waals surface area contributed by atoms with Crippen LogP contribution in [0.4, 0.5) is 4.39 Å². The first-order chi connectivity index (χ1) is 11.6. The number of nitrogens with zero attached hydrogens (tertiary/aromatic N) is 1. The lowest BCUT2D eigenvalue weighted by Crippen LogP contribution is -2.42. The van der Waals surface area contributed by atoms with Gasteiger partial charge in [-0.3, -0.25) is 0 Å². The summed E-state index contributed by atoms with van der Waals surface area (Å²) in [5.74, 6) is 0.975. The molecule has 1 N–H and O–H groups in total. The van der Waals surface area contributed by atoms with Gasteiger partial charge in [-0.15, -0.1) is 0 Å². The maximum absolute atomic E-state index is 12.5. The van der Waals surface area contributed by atoms with E-state index >= 15 is 0 Å². The fraction of sp³-hybridized carbons (Fsp3) is 0.611. The molecule has 1 heterocycles. The molecule has 5 nitrogen and oxygen atoms in total. The molecule has 1 saturated carbocycles. The number of esters is 1. The standard InChI is InChI=1S/C18H24FNO4/c1-23-18(22)12-3-2-4-15(7-12)24-17-9-14-11-20(6-5-19)10-13(14)8-16(17)21/h2-4,7,13-14,16-17,21H,5-6,8-11H2,1H3/t13-,14+,16+,17+/m0/s1. The minimum atomic E-state index is -0.543. The number of hydrogen-bond acceptors (Lipinski definition) is 5. The van der Waals surface area contributed by atoms with Gasteiger partial charge in [0, 0.05) is 19.6 Å². The molecule has 24 heavy (non-hydrogen) atoms. The predicted molar refractivity (Wildman–Crippen MR) is 86.8 cm³/mol. The first kappa shape index (κ1) is 17.2. The van der Waals surface area contributed by atoms with Crippen molar-refractivity contribution in [1.29, 1.82) is 0 Å². The largest absolute Gasteiger partial charge is 0.488 e. The number of likely N-dealkylation sites (tertiary alicyclic amines) is 1. The molecule has 6 heteroatoms. The Bertz CT molecular complexity index is 582. The number of alkyl halides is 1. The number of carbonyl (C=O) groups is 1. The van der Waals surface area contributed by atoms with E-state index in [-0.39, 0.29) is 12.8 Å². The van der Waals surface area contributed by atoms with Gasteiger partial charge >= 0.3 is 5.97 Å². The van der Waals surface area contributed by atoms with Crippen LogP contribution < -0.4 is 4.74 Å². The fourth-order valence-corrected chi connectivity index (χ4v) is 3.91. The Morgan fingerprint density at radius 3 is 2.79 bits per heavy atom. The normalized spacial score (nSPS) is 30.0. The van der Waals surface area contributed by atoms with Crippen LogP contribution in [0.25, 0.3) is 0 Å². The maximum Gasteiger partial charge on any atom is 0.337 e. The molecule has 3 rings (SSSR count). The van der Waals surface area contributed by atoms with Crippen molar-refractivity contribution in [3.8, 4) is 5.75 Å². The van der Waals surface area contributed by atoms with Gasteiger partial charge in [-0.05, 0) is 42.9 Å². The molecule has 0 amide bonds. The van der Waals surface area contributed by atoms with Crippen LogP contribution in [0, 0.1) is 11.8 Å². The molecule has 1 saturated heterocycles. The van der Waals surface area contributed by atoms with Crippen LogP contribution in [0.1, 0.15) is 23.2 Å². The van der Waals surface area contributed by atoms with Crippen LogP contribution in [-0.4, -0.2) is 61.6 Å². The second-order valence-corrected chi connectivity index (χ2v) is 6.68. The summed E-state index contributed by atoms with van der Waals surface area (Å²) in [4.78, 5) is 13.7. The summed E-state index contributed by atoms with van der Waals surface area (Å²) >= 11 is 0. The second kappa shape index (κ2) is 7.49. The van der Waals surface area contributed by atoms with Crippen LogP contribution in [0.3, 0.4) is 0 Å². The average molecular weight is 337 g/mol. The molecule has 0 aromatic heterocycles. The number of hydrogen-bond donors (Lipinski definition) is 1. The highest BCUT2D eigenvalue weighted by Gasteiger charge is 2.42. The van der Waals surface area contributed by atoms with Gasteiger partial charge in [-0.1, -0.05) is 6.07 Å². The lowest BCUT2D eigenvalue weighted by atomic mass is 9.78. The van der Waals surface area contributed by atoms with Crippen LogP contribution in [0.2, 0.25) is 0 Å². The third-order valence-corrected chi connectivity index (χ3v) is 5.10. The van der Waals surface area contributed by atoms with Gasteiger partial charge in [0.1, 0.15) is 18.5 Å². The topological polar surface area (TPSA) is 59.0 Å². The summed E-state index contributed by atoms with van der Waals surface area (Å²) in [7, 11) is 1.34. The van der Waals surface area contributed by atoms with Gasteiger partial charge in [-0.25, -0.2) is 9.18 Å². The number of aliphatic hydroxyl groups excluding tert-OH is 1. The quantitative estimate of drug-likeness (QED) is 0.832. The third kappa shape index (κ3) is 3.70. The molecule has 132 valence electrons. The van der Waals surface area contributed by atoms with E-state index in [0.717, 1.165) is 19.5 Å². The highest BCUT2D eigenvalue weighted by atomic mass is 19.1. The van der Waals surface area contributed by atoms with Gasteiger partial charge in [0.25, 0.3) is 0 Å². The maximum atomic E-state index is 12.5. The smallest absolute Gasteiger partial charge is 0.337 e. The van der Waals surface area contributed by atoms with Crippen LogP contribution in [0.15, 0.2) is 24.3 Å². The fourth-order valence-electron chi connectivity index (χ4n) is 3.91. The summed E-state index contributed by atoms with van der Waals surface area (Å²) in [5, 5.41) is 10.4. The SMILES string of the molecule is COC(=O)c1cccc(O[C@@H]2C[C@@H]3CN(CCF)C[C@@H]3C[C@H]2O)c1. The molecule has 0 radical (unpaired) electrons. The number of methoxy groups -OCH3 is 1. The summed E-state index contributed by atoms with van der Waals surface area (Å²) in [6, 6.07) is 6.81. The Balaban J connectivity index is 1.64. The third-order valence-electron chi connectivity index (χ3n) is 5.10. The highest BCUT2D eigenvalue weighted by Crippen LogP contribution is 2.38. The molecule has 1 aromatic rings. The van der Waals surface area contributed by atoms with E-state index in [2.05, 4.69) is 4.90 Å². The molecule has 1 aromatic carbocycles. The summed E-state index contributed by atoms with van der Waals surface area (Å²) in [6.07, 6.45) is 0.578. The monoisotopic (exact) mass is 337 g/mol. The van der Waals surface area contributed by atoms with Crippen molar-refractivity contribution >= 4 is 5.97 Å². The molecular weight excluding hydrogens is 313 g/mol. The minimum absolute atomic E-state index is 0.301. The van der Waals surface area contributed by atoms with Crippen molar-refractivity contribution in [2.75, 3.05) is 33.4 Å². The molecular formula is C18H24FNO4. The number of rotatable bonds is 5. The average Bonchev–Trinajstić information content (AvgIpc) is 2.96. The van der Waals surface area contributed by atoms with Crippen LogP contribution >= 0.6 is 0 Å². The summed E-state index contributed by atoms with van der Waals surface area (Å²) in [6.45, 7) is 1.86. The Morgan fingerprint density at radius 1 is 1.33 bits per heavy atom. The van der Waals surface area contributed by atoms with E-state index in [1.54, 1.807) is 24.3 Å². The molecule has 0 unspecified atom stereocenters. The molecule has 4 atom stereocenters. The zero-order chi connectivity index (χ0) is 17.1. The van der Waals surface area contributed by atoms with Gasteiger partial charge in [0.05, 0.1) is 18.8 Å². The van der Waals surface area contributed by atoms with Crippen molar-refractivity contribution in [2.24, 2.45) is 11.8 Å². The number of aliphatic hydroxyl groups is 1. The zero-order valence-corrected chi connectivity index (χ0v) is 13.9. The van der Waals surface area contributed by atoms with Crippen LogP contribution in [-0.2, 0) is 4.74 Å². The Kier molecular flexibility index (Phi) is 5.36. The zero-order valence-electron chi connectivity index (χ0n) is 13.9. The highest BCUT2D eigenvalue weighted by molar-refractivity contribution is 5.89. The number of halogens is 1. The van der Waals surface area contributed by atoms with Crippen molar-refractivity contribution in [3.63, 3.8) is 0 Å². The van der Waals surface area contributed by atoms with Crippen molar-refractivity contribution in [1.82, 2.24) is 4.90 Å². The van der Waals surface area contributed by atoms with E-state index < -0.39 is 12.1 Å². The van der Waals surface area contributed by atoms with Gasteiger partial charge in [0.2, 0.25) is 0 Å². The molecule has 2 fully saturated rings. The lowest BCUT2D eigenvalue weighted by Gasteiger charge is -2.35. The molecule has 1 aliphatic heterocycles. The van der Waals surface area contributed by atoms with Crippen molar-refractivity contribution < 1.29 is 23.8 Å². The number of carbonyl (C=O) groups excluding carboxylic acids is 1. The van der Waals surface area contributed by atoms with Crippen molar-refractivity contribution in [2.45, 2.75) is 25.0 Å². The lowest BCUT2D eigenvalue weighted by molar-refractivity contribution is -0.0231. The number of fused-ring (bicyclic) bond motifs is 1. The van der Waals surface area contributed by atoms with Crippen molar-refractivity contribution in [3.05, 3.63) is 29.8 Å². The van der Waals surface area contributed by atoms with E-state index in [1.165, 1.54) is 7.11 Å². The van der Waals surface area contributed by atoms with E-state index in [0.29, 0.717) is 36.1 Å². The Hall–Kier alpha value is -1.66. The Morgan fingerprint density at radius 2 is 2.08 bits per heavy atom. The molecule has 0 bridgehead atoms. The van der Waals surface area contributed by atoms with E-state index in [9.17, 15) is 14.3 Å². The van der Waals surface area contributed by atoms with Crippen LogP contribution in [0.5, 0.6) is 5.75 Å². The van der Waals surface area contributed by atoms with Gasteiger partial charge in [-0.2, -0.15) is 0 Å². The molecule has 2 aliphatic rings. The van der Waals surface area contributed by atoms with Gasteiger partial charge < -0.3 is 19.5 Å². The first-order valence-corrected chi connectivity index (χ1v) is 8.42. The second-order valence-electron chi connectivity index (χ2n) is 6.68. The molecule has 0 spiro atoms. The van der Waals surface area contributed by atoms with E-state index in [1.807, 2.05) is 0 Å².